The number of aliphatic carboxylic acids is 1. The highest BCUT2D eigenvalue weighted by atomic mass is 16.5. The smallest absolute Gasteiger partial charge is 0.407 e. The van der Waals surface area contributed by atoms with E-state index in [9.17, 15) is 14.4 Å². The van der Waals surface area contributed by atoms with Crippen molar-refractivity contribution in [3.8, 4) is 11.1 Å². The molecule has 170 valence electrons. The molecule has 3 N–H and O–H groups in total. The molecule has 1 unspecified atom stereocenters. The number of hydrogen-bond acceptors (Lipinski definition) is 4. The van der Waals surface area contributed by atoms with Gasteiger partial charge in [-0.3, -0.25) is 9.59 Å². The Morgan fingerprint density at radius 1 is 0.938 bits per heavy atom. The molecule has 0 fully saturated rings. The summed E-state index contributed by atoms with van der Waals surface area (Å²) in [6.45, 7) is 5.66. The second-order valence-electron chi connectivity index (χ2n) is 8.66. The monoisotopic (exact) mass is 438 g/mol. The Balaban J connectivity index is 1.64. The van der Waals surface area contributed by atoms with E-state index in [-0.39, 0.29) is 24.9 Å². The summed E-state index contributed by atoms with van der Waals surface area (Å²) in [5.41, 5.74) is 4.50. The lowest BCUT2D eigenvalue weighted by Gasteiger charge is -2.22. The minimum atomic E-state index is -0.997. The van der Waals surface area contributed by atoms with Crippen LogP contribution in [0.5, 0.6) is 0 Å². The highest BCUT2D eigenvalue weighted by Gasteiger charge is 2.30. The van der Waals surface area contributed by atoms with Crippen LogP contribution < -0.4 is 10.6 Å². The summed E-state index contributed by atoms with van der Waals surface area (Å²) in [4.78, 5) is 36.1. The van der Waals surface area contributed by atoms with Gasteiger partial charge in [-0.15, -0.1) is 0 Å². The fourth-order valence-corrected chi connectivity index (χ4v) is 4.14. The Morgan fingerprint density at radius 2 is 1.50 bits per heavy atom. The van der Waals surface area contributed by atoms with Gasteiger partial charge in [0, 0.05) is 12.0 Å². The van der Waals surface area contributed by atoms with E-state index in [0.717, 1.165) is 22.3 Å². The molecule has 2 aromatic rings. The van der Waals surface area contributed by atoms with Gasteiger partial charge in [0.15, 0.2) is 0 Å². The van der Waals surface area contributed by atoms with Gasteiger partial charge < -0.3 is 20.5 Å². The van der Waals surface area contributed by atoms with Crippen LogP contribution in [-0.2, 0) is 14.3 Å². The molecule has 2 aromatic carbocycles. The Bertz CT molecular complexity index is 942. The first kappa shape index (κ1) is 23.3. The van der Waals surface area contributed by atoms with Crippen LogP contribution >= 0.6 is 0 Å². The zero-order valence-corrected chi connectivity index (χ0v) is 18.6. The summed E-state index contributed by atoms with van der Waals surface area (Å²) in [5.74, 6) is -1.33. The lowest BCUT2D eigenvalue weighted by molar-refractivity contribution is -0.137. The number of carbonyl (C=O) groups excluding carboxylic acids is 2. The van der Waals surface area contributed by atoms with Crippen molar-refractivity contribution < 1.29 is 24.2 Å². The number of carboxylic acid groups (broad SMARTS) is 1. The van der Waals surface area contributed by atoms with Gasteiger partial charge in [0.25, 0.3) is 0 Å². The van der Waals surface area contributed by atoms with Crippen LogP contribution in [0.2, 0.25) is 0 Å². The van der Waals surface area contributed by atoms with Crippen molar-refractivity contribution >= 4 is 18.0 Å². The van der Waals surface area contributed by atoms with Gasteiger partial charge in [-0.25, -0.2) is 4.79 Å². The van der Waals surface area contributed by atoms with E-state index in [1.54, 1.807) is 6.92 Å². The number of amides is 2. The maximum atomic E-state index is 12.6. The Labute approximate surface area is 188 Å². The molecule has 1 aliphatic rings. The Hall–Kier alpha value is -3.35. The lowest BCUT2D eigenvalue weighted by Crippen LogP contribution is -2.50. The molecule has 0 saturated carbocycles. The number of alkyl carbamates (subject to hydrolysis) is 1. The minimum absolute atomic E-state index is 0.0684. The van der Waals surface area contributed by atoms with Gasteiger partial charge >= 0.3 is 12.1 Å². The maximum absolute atomic E-state index is 12.6. The van der Waals surface area contributed by atoms with Crippen LogP contribution in [0.3, 0.4) is 0 Å². The highest BCUT2D eigenvalue weighted by Crippen LogP contribution is 2.44. The van der Waals surface area contributed by atoms with E-state index in [0.29, 0.717) is 6.42 Å². The minimum Gasteiger partial charge on any atom is -0.481 e. The topological polar surface area (TPSA) is 105 Å². The maximum Gasteiger partial charge on any atom is 0.407 e. The number of hydrogen-bond donors (Lipinski definition) is 3. The van der Waals surface area contributed by atoms with Crippen molar-refractivity contribution in [2.24, 2.45) is 5.92 Å². The van der Waals surface area contributed by atoms with Crippen molar-refractivity contribution in [2.75, 3.05) is 6.61 Å². The zero-order chi connectivity index (χ0) is 23.3. The van der Waals surface area contributed by atoms with Crippen LogP contribution in [-0.4, -0.2) is 41.8 Å². The molecule has 0 aromatic heterocycles. The first-order chi connectivity index (χ1) is 15.3. The van der Waals surface area contributed by atoms with E-state index in [4.69, 9.17) is 9.84 Å². The Kier molecular flexibility index (Phi) is 7.51. The van der Waals surface area contributed by atoms with Crippen LogP contribution in [0.1, 0.15) is 50.7 Å². The molecule has 32 heavy (non-hydrogen) atoms. The normalized spacial score (nSPS) is 14.2. The first-order valence-electron chi connectivity index (χ1n) is 10.9. The second-order valence-corrected chi connectivity index (χ2v) is 8.66. The van der Waals surface area contributed by atoms with Crippen LogP contribution in [0.25, 0.3) is 11.1 Å². The van der Waals surface area contributed by atoms with Crippen LogP contribution in [0, 0.1) is 5.92 Å². The predicted molar refractivity (Wildman–Crippen MR) is 121 cm³/mol. The highest BCUT2D eigenvalue weighted by molar-refractivity contribution is 5.86. The van der Waals surface area contributed by atoms with Gasteiger partial charge in [-0.05, 0) is 41.5 Å². The average molecular weight is 439 g/mol. The lowest BCUT2D eigenvalue weighted by atomic mass is 9.98. The van der Waals surface area contributed by atoms with E-state index in [2.05, 4.69) is 22.8 Å². The number of nitrogens with one attached hydrogen (secondary N) is 2. The SMILES string of the molecule is CC(C)C[C@@H](NC(=O)OCC1c2ccccc2-c2ccccc21)C(=O)NC(C)CC(=O)O. The molecule has 3 rings (SSSR count). The van der Waals surface area contributed by atoms with Crippen LogP contribution in [0.15, 0.2) is 48.5 Å². The molecule has 2 amide bonds. The van der Waals surface area contributed by atoms with Crippen molar-refractivity contribution in [1.82, 2.24) is 10.6 Å². The van der Waals surface area contributed by atoms with Crippen molar-refractivity contribution in [3.63, 3.8) is 0 Å². The molecule has 0 saturated heterocycles. The van der Waals surface area contributed by atoms with Crippen molar-refractivity contribution in [1.29, 1.82) is 0 Å². The third-order valence-electron chi connectivity index (χ3n) is 5.53. The van der Waals surface area contributed by atoms with E-state index < -0.39 is 30.1 Å². The first-order valence-corrected chi connectivity index (χ1v) is 10.9. The molecule has 2 atom stereocenters. The molecule has 1 aliphatic carbocycles. The number of carbonyl (C=O) groups is 3. The fourth-order valence-electron chi connectivity index (χ4n) is 4.14. The fraction of sp³-hybridized carbons (Fsp3) is 0.400. The third kappa shape index (κ3) is 5.66. The average Bonchev–Trinajstić information content (AvgIpc) is 3.04. The number of rotatable bonds is 9. The molecule has 0 spiro atoms. The number of ether oxygens (including phenoxy) is 1. The van der Waals surface area contributed by atoms with Gasteiger partial charge in [-0.1, -0.05) is 62.4 Å². The van der Waals surface area contributed by atoms with E-state index >= 15 is 0 Å². The van der Waals surface area contributed by atoms with Gasteiger partial charge in [0.05, 0.1) is 6.42 Å². The number of benzene rings is 2. The zero-order valence-electron chi connectivity index (χ0n) is 18.6. The van der Waals surface area contributed by atoms with E-state index in [1.165, 1.54) is 0 Å². The van der Waals surface area contributed by atoms with Crippen molar-refractivity contribution in [3.05, 3.63) is 59.7 Å². The molecular weight excluding hydrogens is 408 g/mol. The summed E-state index contributed by atoms with van der Waals surface area (Å²) in [6, 6.07) is 14.8. The summed E-state index contributed by atoms with van der Waals surface area (Å²) >= 11 is 0. The largest absolute Gasteiger partial charge is 0.481 e. The third-order valence-corrected chi connectivity index (χ3v) is 5.53. The van der Waals surface area contributed by atoms with Crippen molar-refractivity contribution in [2.45, 2.75) is 51.6 Å². The summed E-state index contributed by atoms with van der Waals surface area (Å²) in [5, 5.41) is 14.2. The van der Waals surface area contributed by atoms with Gasteiger partial charge in [0.2, 0.25) is 5.91 Å². The molecule has 7 nitrogen and oxygen atoms in total. The standard InChI is InChI=1S/C25H30N2O5/c1-15(2)12-22(24(30)26-16(3)13-23(28)29)27-25(31)32-14-21-19-10-6-4-8-17(19)18-9-5-7-11-20(18)21/h4-11,15-16,21-22H,12-14H2,1-3H3,(H,26,30)(H,27,31)(H,28,29)/t16?,22-/m1/s1. The Morgan fingerprint density at radius 3 is 2.03 bits per heavy atom. The summed E-state index contributed by atoms with van der Waals surface area (Å²) < 4.78 is 5.55. The molecule has 7 heteroatoms. The number of fused-ring (bicyclic) bond motifs is 3. The summed E-state index contributed by atoms with van der Waals surface area (Å²) in [7, 11) is 0. The van der Waals surface area contributed by atoms with Gasteiger partial charge in [0.1, 0.15) is 12.6 Å². The molecule has 0 radical (unpaired) electrons. The molecular formula is C25H30N2O5. The molecule has 0 aliphatic heterocycles. The molecule has 0 heterocycles. The van der Waals surface area contributed by atoms with Gasteiger partial charge in [-0.2, -0.15) is 0 Å². The number of carboxylic acids is 1. The second kappa shape index (κ2) is 10.3. The van der Waals surface area contributed by atoms with E-state index in [1.807, 2.05) is 50.2 Å². The van der Waals surface area contributed by atoms with Crippen LogP contribution in [0.4, 0.5) is 4.79 Å². The summed E-state index contributed by atoms with van der Waals surface area (Å²) in [6.07, 6.45) is -0.445. The quantitative estimate of drug-likeness (QED) is 0.550. The molecule has 0 bridgehead atoms. The predicted octanol–water partition coefficient (Wildman–Crippen LogP) is 3.92.